The molecule has 0 aliphatic carbocycles. The van der Waals surface area contributed by atoms with Crippen LogP contribution in [0.3, 0.4) is 0 Å². The summed E-state index contributed by atoms with van der Waals surface area (Å²) in [5.74, 6) is 0.912. The Morgan fingerprint density at radius 2 is 1.89 bits per heavy atom. The van der Waals surface area contributed by atoms with Gasteiger partial charge in [0, 0.05) is 24.7 Å². The van der Waals surface area contributed by atoms with E-state index in [0.29, 0.717) is 40.3 Å². The molecule has 1 fully saturated rings. The van der Waals surface area contributed by atoms with E-state index >= 15 is 4.39 Å². The van der Waals surface area contributed by atoms with E-state index < -0.39 is 11.4 Å². The molecule has 2 aromatic carbocycles. The minimum Gasteiger partial charge on any atom is -0.457 e. The van der Waals surface area contributed by atoms with Crippen molar-refractivity contribution in [2.75, 3.05) is 5.32 Å². The molecule has 5 aromatic rings. The molecule has 0 spiro atoms. The van der Waals surface area contributed by atoms with Gasteiger partial charge in [0.2, 0.25) is 0 Å². The second kappa shape index (κ2) is 10.8. The van der Waals surface area contributed by atoms with E-state index in [1.165, 1.54) is 6.33 Å². The van der Waals surface area contributed by atoms with Crippen LogP contribution in [-0.2, 0) is 11.8 Å². The Hall–Kier alpha value is -5.06. The number of amides is 1. The topological polar surface area (TPSA) is 107 Å². The summed E-state index contributed by atoms with van der Waals surface area (Å²) in [7, 11) is 1.93. The van der Waals surface area contributed by atoms with E-state index in [9.17, 15) is 4.79 Å². The summed E-state index contributed by atoms with van der Waals surface area (Å²) in [6, 6.07) is 12.8. The van der Waals surface area contributed by atoms with Crippen LogP contribution >= 0.6 is 0 Å². The van der Waals surface area contributed by atoms with Crippen LogP contribution in [0.15, 0.2) is 61.2 Å². The minimum absolute atomic E-state index is 0.0422. The summed E-state index contributed by atoms with van der Waals surface area (Å²) in [5.41, 5.74) is 4.83. The molecule has 11 heteroatoms. The van der Waals surface area contributed by atoms with Crippen LogP contribution in [0.5, 0.6) is 11.5 Å². The van der Waals surface area contributed by atoms with Gasteiger partial charge in [-0.2, -0.15) is 0 Å². The highest BCUT2D eigenvalue weighted by atomic mass is 19.1. The van der Waals surface area contributed by atoms with Gasteiger partial charge in [0.15, 0.2) is 11.6 Å². The summed E-state index contributed by atoms with van der Waals surface area (Å²) in [6.45, 7) is 7.31. The Morgan fingerprint density at radius 1 is 1.04 bits per heavy atom. The molecular formula is C34H34FN7O3. The van der Waals surface area contributed by atoms with Crippen LogP contribution in [0, 0.1) is 12.7 Å². The number of aryl methyl sites for hydroxylation is 1. The average Bonchev–Trinajstić information content (AvgIpc) is 3.51. The maximum atomic E-state index is 15.7. The number of nitrogens with zero attached hydrogens (tertiary/aromatic N) is 6. The lowest BCUT2D eigenvalue weighted by Gasteiger charge is -2.35. The Balaban J connectivity index is 1.14. The van der Waals surface area contributed by atoms with Crippen molar-refractivity contribution in [3.63, 3.8) is 0 Å². The Morgan fingerprint density at radius 3 is 2.69 bits per heavy atom. The van der Waals surface area contributed by atoms with Crippen molar-refractivity contribution < 1.29 is 18.7 Å². The quantitative estimate of drug-likeness (QED) is 0.220. The van der Waals surface area contributed by atoms with Crippen LogP contribution < -0.4 is 10.1 Å². The number of ether oxygens (including phenoxy) is 2. The number of benzene rings is 2. The normalized spacial score (nSPS) is 17.9. The molecule has 45 heavy (non-hydrogen) atoms. The van der Waals surface area contributed by atoms with Crippen molar-refractivity contribution >= 4 is 45.2 Å². The molecule has 0 radical (unpaired) electrons. The summed E-state index contributed by atoms with van der Waals surface area (Å²) in [4.78, 5) is 32.9. The van der Waals surface area contributed by atoms with Crippen LogP contribution in [0.1, 0.15) is 51.3 Å². The first-order valence-electron chi connectivity index (χ1n) is 15.0. The summed E-state index contributed by atoms with van der Waals surface area (Å²) in [5, 5.41) is 3.13. The highest BCUT2D eigenvalue weighted by Gasteiger charge is 2.42. The first kappa shape index (κ1) is 28.7. The molecular weight excluding hydrogens is 573 g/mol. The molecule has 2 aliphatic heterocycles. The SMILES string of the molecule is Cc1c(Oc2ccc3c(c2)ncn3C)ccc(Nc2ncnc3ccc(C4=C[C@H]5CC[C@@H](C4)N5C(=O)OC(C)(C)C)nc23)c1F. The van der Waals surface area contributed by atoms with Crippen molar-refractivity contribution in [3.05, 3.63) is 78.3 Å². The molecule has 1 amide bonds. The van der Waals surface area contributed by atoms with Gasteiger partial charge in [0.25, 0.3) is 0 Å². The number of rotatable bonds is 5. The van der Waals surface area contributed by atoms with Crippen LogP contribution in [-0.4, -0.2) is 53.2 Å². The monoisotopic (exact) mass is 607 g/mol. The summed E-state index contributed by atoms with van der Waals surface area (Å²) in [6.07, 6.45) is 7.47. The lowest BCUT2D eigenvalue weighted by Crippen LogP contribution is -2.45. The molecule has 0 unspecified atom stereocenters. The van der Waals surface area contributed by atoms with Gasteiger partial charge < -0.3 is 19.4 Å². The van der Waals surface area contributed by atoms with Crippen molar-refractivity contribution in [1.82, 2.24) is 29.4 Å². The zero-order chi connectivity index (χ0) is 31.5. The molecule has 1 saturated heterocycles. The van der Waals surface area contributed by atoms with Gasteiger partial charge in [-0.25, -0.2) is 29.1 Å². The van der Waals surface area contributed by atoms with Crippen molar-refractivity contribution in [3.8, 4) is 11.5 Å². The first-order chi connectivity index (χ1) is 21.5. The third-order valence-corrected chi connectivity index (χ3v) is 8.33. The standard InChI is InChI=1S/C34H34FN7O3/c1-19-29(44-23-8-12-28-27(16-23)38-18-41(28)5)13-11-25(30(19)35)40-32-31-26(36-17-37-32)10-9-24(39-31)20-14-21-6-7-22(15-20)42(21)33(43)45-34(2,3)4/h8-14,16-18,21-22H,6-7,15H2,1-5H3,(H,36,37,40)/t21-,22+/m1/s1. The van der Waals surface area contributed by atoms with Gasteiger partial charge in [0.05, 0.1) is 40.3 Å². The minimum atomic E-state index is -0.551. The summed E-state index contributed by atoms with van der Waals surface area (Å²) < 4.78 is 29.3. The molecule has 2 bridgehead atoms. The molecule has 0 saturated carbocycles. The van der Waals surface area contributed by atoms with Gasteiger partial charge in [-0.3, -0.25) is 4.90 Å². The van der Waals surface area contributed by atoms with Crippen LogP contribution in [0.2, 0.25) is 0 Å². The fourth-order valence-corrected chi connectivity index (χ4v) is 6.14. The fourth-order valence-electron chi connectivity index (χ4n) is 6.14. The molecule has 230 valence electrons. The number of hydrogen-bond acceptors (Lipinski definition) is 8. The van der Waals surface area contributed by atoms with Crippen LogP contribution in [0.25, 0.3) is 27.6 Å². The predicted molar refractivity (Wildman–Crippen MR) is 170 cm³/mol. The number of aromatic nitrogens is 5. The van der Waals surface area contributed by atoms with E-state index in [1.54, 1.807) is 25.4 Å². The van der Waals surface area contributed by atoms with E-state index in [1.807, 2.05) is 67.6 Å². The second-order valence-electron chi connectivity index (χ2n) is 12.7. The maximum absolute atomic E-state index is 15.7. The van der Waals surface area contributed by atoms with Gasteiger partial charge in [-0.05, 0) is 88.9 Å². The van der Waals surface area contributed by atoms with E-state index in [-0.39, 0.29) is 23.9 Å². The van der Waals surface area contributed by atoms with Gasteiger partial charge in [-0.15, -0.1) is 0 Å². The molecule has 3 aromatic heterocycles. The van der Waals surface area contributed by atoms with E-state index in [4.69, 9.17) is 14.5 Å². The smallest absolute Gasteiger partial charge is 0.411 e. The number of fused-ring (bicyclic) bond motifs is 4. The molecule has 2 aliphatic rings. The molecule has 10 nitrogen and oxygen atoms in total. The number of nitrogens with one attached hydrogen (secondary N) is 1. The van der Waals surface area contributed by atoms with Gasteiger partial charge in [0.1, 0.15) is 28.9 Å². The fraction of sp³-hybridized carbons (Fsp3) is 0.324. The van der Waals surface area contributed by atoms with Gasteiger partial charge >= 0.3 is 6.09 Å². The third kappa shape index (κ3) is 5.43. The number of imidazole rings is 1. The van der Waals surface area contributed by atoms with Crippen molar-refractivity contribution in [1.29, 1.82) is 0 Å². The number of halogens is 1. The zero-order valence-corrected chi connectivity index (χ0v) is 25.8. The molecule has 5 heterocycles. The zero-order valence-electron chi connectivity index (χ0n) is 25.8. The van der Waals surface area contributed by atoms with E-state index in [0.717, 1.165) is 35.1 Å². The molecule has 2 atom stereocenters. The number of carbonyl (C=O) groups is 1. The Labute approximate surface area is 259 Å². The third-order valence-electron chi connectivity index (χ3n) is 8.33. The Kier molecular flexibility index (Phi) is 6.91. The van der Waals surface area contributed by atoms with Gasteiger partial charge in [-0.1, -0.05) is 6.08 Å². The number of pyridine rings is 1. The molecule has 7 rings (SSSR count). The average molecular weight is 608 g/mol. The van der Waals surface area contributed by atoms with Crippen molar-refractivity contribution in [2.24, 2.45) is 7.05 Å². The highest BCUT2D eigenvalue weighted by molar-refractivity contribution is 5.89. The lowest BCUT2D eigenvalue weighted by atomic mass is 9.98. The largest absolute Gasteiger partial charge is 0.457 e. The maximum Gasteiger partial charge on any atom is 0.411 e. The molecule has 1 N–H and O–H groups in total. The number of carbonyl (C=O) groups excluding carboxylic acids is 1. The highest BCUT2D eigenvalue weighted by Crippen LogP contribution is 2.40. The predicted octanol–water partition coefficient (Wildman–Crippen LogP) is 7.45. The second-order valence-corrected chi connectivity index (χ2v) is 12.7. The lowest BCUT2D eigenvalue weighted by molar-refractivity contribution is 0.0175. The number of anilines is 2. The first-order valence-corrected chi connectivity index (χ1v) is 15.0. The van der Waals surface area contributed by atoms with Crippen molar-refractivity contribution in [2.45, 2.75) is 64.6 Å². The van der Waals surface area contributed by atoms with E-state index in [2.05, 4.69) is 26.3 Å². The summed E-state index contributed by atoms with van der Waals surface area (Å²) >= 11 is 0. The Bertz CT molecular complexity index is 2000. The van der Waals surface area contributed by atoms with Crippen LogP contribution in [0.4, 0.5) is 20.7 Å². The number of hydrogen-bond donors (Lipinski definition) is 1.